The third kappa shape index (κ3) is 3.21. The zero-order valence-corrected chi connectivity index (χ0v) is 16.8. The lowest BCUT2D eigenvalue weighted by molar-refractivity contribution is -0.118. The molecule has 1 amide bonds. The third-order valence-corrected chi connectivity index (χ3v) is 7.58. The largest absolute Gasteiger partial charge is 0.474 e. The van der Waals surface area contributed by atoms with Crippen molar-refractivity contribution in [3.63, 3.8) is 0 Å². The average Bonchev–Trinajstić information content (AvgIpc) is 3.04. The first kappa shape index (κ1) is 19.6. The molecule has 1 fully saturated rings. The number of sulfone groups is 1. The minimum atomic E-state index is -3.47. The Morgan fingerprint density at radius 1 is 1.38 bits per heavy atom. The fourth-order valence-electron chi connectivity index (χ4n) is 3.91. The molecule has 0 spiro atoms. The van der Waals surface area contributed by atoms with Crippen molar-refractivity contribution in [2.24, 2.45) is 7.05 Å². The van der Waals surface area contributed by atoms with E-state index in [0.29, 0.717) is 35.2 Å². The second-order valence-electron chi connectivity index (χ2n) is 7.28. The highest BCUT2D eigenvalue weighted by Crippen LogP contribution is 2.39. The molecule has 154 valence electrons. The summed E-state index contributed by atoms with van der Waals surface area (Å²) < 4.78 is 45.2. The van der Waals surface area contributed by atoms with Crippen LogP contribution in [0, 0.1) is 12.7 Å². The van der Waals surface area contributed by atoms with Crippen LogP contribution in [0.15, 0.2) is 23.3 Å². The van der Waals surface area contributed by atoms with Crippen LogP contribution in [0.2, 0.25) is 0 Å². The molecule has 1 atom stereocenters. The Labute approximate surface area is 166 Å². The van der Waals surface area contributed by atoms with E-state index in [9.17, 15) is 22.4 Å². The number of carbonyl (C=O) groups is 1. The molecule has 2 aromatic rings. The number of pyridine rings is 2. The molecule has 0 radical (unpaired) electrons. The van der Waals surface area contributed by atoms with Crippen LogP contribution in [0.1, 0.15) is 18.4 Å². The summed E-state index contributed by atoms with van der Waals surface area (Å²) in [5.74, 6) is -1.15. The van der Waals surface area contributed by atoms with E-state index in [-0.39, 0.29) is 24.8 Å². The van der Waals surface area contributed by atoms with Crippen molar-refractivity contribution in [1.29, 1.82) is 0 Å². The minimum Gasteiger partial charge on any atom is -0.474 e. The Morgan fingerprint density at radius 3 is 2.79 bits per heavy atom. The molecule has 10 heteroatoms. The van der Waals surface area contributed by atoms with Gasteiger partial charge in [0, 0.05) is 30.6 Å². The number of hydrogen-bond acceptors (Lipinski definition) is 6. The normalized spacial score (nSPS) is 20.2. The monoisotopic (exact) mass is 421 g/mol. The molecule has 1 saturated heterocycles. The molecule has 8 nitrogen and oxygen atoms in total. The number of amides is 1. The van der Waals surface area contributed by atoms with Crippen LogP contribution in [0.25, 0.3) is 11.1 Å². The van der Waals surface area contributed by atoms with Crippen LogP contribution in [0.3, 0.4) is 0 Å². The number of aromatic nitrogens is 2. The van der Waals surface area contributed by atoms with E-state index < -0.39 is 32.4 Å². The molecule has 29 heavy (non-hydrogen) atoms. The Morgan fingerprint density at radius 2 is 2.14 bits per heavy atom. The molecular formula is C19H20FN3O5S. The van der Waals surface area contributed by atoms with Crippen LogP contribution >= 0.6 is 0 Å². The summed E-state index contributed by atoms with van der Waals surface area (Å²) >= 11 is 0. The van der Waals surface area contributed by atoms with Crippen LogP contribution in [-0.2, 0) is 21.7 Å². The van der Waals surface area contributed by atoms with Gasteiger partial charge in [-0.3, -0.25) is 9.59 Å². The van der Waals surface area contributed by atoms with Crippen LogP contribution in [0.4, 0.5) is 10.1 Å². The molecule has 2 aliphatic heterocycles. The number of anilines is 1. The molecule has 1 unspecified atom stereocenters. The van der Waals surface area contributed by atoms with Gasteiger partial charge >= 0.3 is 0 Å². The van der Waals surface area contributed by atoms with Gasteiger partial charge < -0.3 is 14.2 Å². The minimum absolute atomic E-state index is 0.00912. The molecule has 0 N–H and O–H groups in total. The Bertz CT molecular complexity index is 1150. The maximum atomic E-state index is 14.0. The average molecular weight is 421 g/mol. The predicted octanol–water partition coefficient (Wildman–Crippen LogP) is 1.20. The highest BCUT2D eigenvalue weighted by atomic mass is 32.2. The van der Waals surface area contributed by atoms with E-state index in [4.69, 9.17) is 4.74 Å². The number of aryl methyl sites for hydroxylation is 1. The molecule has 0 aliphatic carbocycles. The van der Waals surface area contributed by atoms with E-state index in [1.807, 2.05) is 0 Å². The van der Waals surface area contributed by atoms with Gasteiger partial charge in [0.15, 0.2) is 15.7 Å². The van der Waals surface area contributed by atoms with Gasteiger partial charge in [-0.1, -0.05) is 0 Å². The van der Waals surface area contributed by atoms with Crippen LogP contribution in [0.5, 0.6) is 5.88 Å². The highest BCUT2D eigenvalue weighted by molar-refractivity contribution is 7.93. The third-order valence-electron chi connectivity index (χ3n) is 5.42. The first-order chi connectivity index (χ1) is 13.7. The van der Waals surface area contributed by atoms with E-state index >= 15 is 0 Å². The first-order valence-electron chi connectivity index (χ1n) is 9.22. The molecule has 0 aromatic carbocycles. The molecule has 2 aromatic heterocycles. The first-order valence-corrected chi connectivity index (χ1v) is 10.9. The Balaban J connectivity index is 1.82. The molecular weight excluding hydrogens is 401 g/mol. The van der Waals surface area contributed by atoms with Gasteiger partial charge in [0.25, 0.3) is 5.56 Å². The number of hydrogen-bond donors (Lipinski definition) is 0. The van der Waals surface area contributed by atoms with Crippen molar-refractivity contribution in [2.45, 2.75) is 25.0 Å². The van der Waals surface area contributed by atoms with Crippen molar-refractivity contribution >= 4 is 21.4 Å². The van der Waals surface area contributed by atoms with Crippen molar-refractivity contribution in [3.8, 4) is 17.0 Å². The van der Waals surface area contributed by atoms with Crippen molar-refractivity contribution in [1.82, 2.24) is 9.55 Å². The van der Waals surface area contributed by atoms with Gasteiger partial charge in [0.2, 0.25) is 11.8 Å². The second-order valence-corrected chi connectivity index (χ2v) is 9.58. The summed E-state index contributed by atoms with van der Waals surface area (Å²) in [4.78, 5) is 30.4. The zero-order chi connectivity index (χ0) is 20.9. The summed E-state index contributed by atoms with van der Waals surface area (Å²) in [5.41, 5.74) is 1.18. The molecule has 4 rings (SSSR count). The summed E-state index contributed by atoms with van der Waals surface area (Å²) in [6.07, 6.45) is 3.74. The van der Waals surface area contributed by atoms with Gasteiger partial charge in [0.05, 0.1) is 12.3 Å². The van der Waals surface area contributed by atoms with Gasteiger partial charge in [-0.2, -0.15) is 0 Å². The number of nitrogens with zero attached hydrogens (tertiary/aromatic N) is 3. The van der Waals surface area contributed by atoms with Gasteiger partial charge in [-0.15, -0.1) is 0 Å². The molecule has 2 aliphatic rings. The molecule has 0 bridgehead atoms. The standard InChI is InChI=1S/C19H20FN3O5S/c1-11-13(12-8-14(20)18(24)22(2)10-12)9-21-17-16(11)23(5-6-28-17)19(25)15-4-3-7-29(15,26)27/h8-10,15H,3-7H2,1-2H3. The number of rotatable bonds is 2. The smallest absolute Gasteiger partial charge is 0.286 e. The quantitative estimate of drug-likeness (QED) is 0.723. The second kappa shape index (κ2) is 6.94. The number of carbonyl (C=O) groups excluding carboxylic acids is 1. The lowest BCUT2D eigenvalue weighted by Crippen LogP contribution is -2.45. The zero-order valence-electron chi connectivity index (χ0n) is 16.0. The summed E-state index contributed by atoms with van der Waals surface area (Å²) in [6, 6.07) is 1.12. The molecule has 4 heterocycles. The highest BCUT2D eigenvalue weighted by Gasteiger charge is 2.42. The number of ether oxygens (including phenoxy) is 1. The fraction of sp³-hybridized carbons (Fsp3) is 0.421. The number of fused-ring (bicyclic) bond motifs is 1. The summed E-state index contributed by atoms with van der Waals surface area (Å²) in [7, 11) is -2.02. The molecule has 0 saturated carbocycles. The summed E-state index contributed by atoms with van der Waals surface area (Å²) in [5, 5.41) is -1.06. The Hall–Kier alpha value is -2.75. The van der Waals surface area contributed by atoms with Crippen molar-refractivity contribution in [3.05, 3.63) is 40.2 Å². The topological polar surface area (TPSA) is 98.6 Å². The van der Waals surface area contributed by atoms with Crippen molar-refractivity contribution < 1.29 is 22.3 Å². The van der Waals surface area contributed by atoms with Crippen molar-refractivity contribution in [2.75, 3.05) is 23.8 Å². The van der Waals surface area contributed by atoms with Crippen LogP contribution < -0.4 is 15.2 Å². The lowest BCUT2D eigenvalue weighted by Gasteiger charge is -2.32. The van der Waals surface area contributed by atoms with E-state index in [2.05, 4.69) is 4.98 Å². The summed E-state index contributed by atoms with van der Waals surface area (Å²) in [6.45, 7) is 2.13. The van der Waals surface area contributed by atoms with E-state index in [1.54, 1.807) is 6.92 Å². The van der Waals surface area contributed by atoms with E-state index in [0.717, 1.165) is 10.6 Å². The van der Waals surface area contributed by atoms with Crippen LogP contribution in [-0.4, -0.2) is 48.0 Å². The van der Waals surface area contributed by atoms with Gasteiger partial charge in [-0.25, -0.2) is 17.8 Å². The lowest BCUT2D eigenvalue weighted by atomic mass is 10.0. The SMILES string of the molecule is Cc1c(-c2cc(F)c(=O)n(C)c2)cnc2c1N(C(=O)C1CCCS1(=O)=O)CCO2. The van der Waals surface area contributed by atoms with Gasteiger partial charge in [-0.05, 0) is 31.4 Å². The Kier molecular flexibility index (Phi) is 4.68. The predicted molar refractivity (Wildman–Crippen MR) is 104 cm³/mol. The fourth-order valence-corrected chi connectivity index (χ4v) is 5.72. The maximum Gasteiger partial charge on any atom is 0.286 e. The number of halogens is 1. The van der Waals surface area contributed by atoms with E-state index in [1.165, 1.54) is 24.3 Å². The maximum absolute atomic E-state index is 14.0. The van der Waals surface area contributed by atoms with Gasteiger partial charge in [0.1, 0.15) is 17.5 Å².